The SMILES string of the molecule is Oc1ccccc1CN1CCN(Cc2ccccc2O)C1c1c(O)c(Br)cc2oc3c(c12)CCCC3. The Hall–Kier alpha value is -3.00. The number of furan rings is 1. The number of aryl methyl sites for hydroxylation is 2. The second kappa shape index (κ2) is 9.47. The van der Waals surface area contributed by atoms with Crippen LogP contribution in [-0.4, -0.2) is 38.2 Å². The maximum absolute atomic E-state index is 11.5. The minimum atomic E-state index is -0.271. The van der Waals surface area contributed by atoms with E-state index in [1.807, 2.05) is 42.5 Å². The number of phenols is 3. The average Bonchev–Trinajstić information content (AvgIpc) is 3.43. The number of nitrogens with zero attached hydrogens (tertiary/aromatic N) is 2. The lowest BCUT2D eigenvalue weighted by molar-refractivity contribution is 0.122. The fourth-order valence-electron chi connectivity index (χ4n) is 5.82. The van der Waals surface area contributed by atoms with Gasteiger partial charge in [0.05, 0.1) is 10.6 Å². The second-order valence-corrected chi connectivity index (χ2v) is 10.6. The van der Waals surface area contributed by atoms with Gasteiger partial charge >= 0.3 is 0 Å². The molecule has 1 aliphatic carbocycles. The molecule has 1 aliphatic heterocycles. The first kappa shape index (κ1) is 23.4. The zero-order valence-electron chi connectivity index (χ0n) is 20.0. The Morgan fingerprint density at radius 3 is 2.03 bits per heavy atom. The Labute approximate surface area is 218 Å². The van der Waals surface area contributed by atoms with Crippen LogP contribution in [0.1, 0.15) is 47.0 Å². The van der Waals surface area contributed by atoms with Gasteiger partial charge < -0.3 is 19.7 Å². The van der Waals surface area contributed by atoms with Crippen molar-refractivity contribution in [3.8, 4) is 17.2 Å². The zero-order chi connectivity index (χ0) is 24.8. The van der Waals surface area contributed by atoms with E-state index in [1.165, 1.54) is 5.56 Å². The van der Waals surface area contributed by atoms with Crippen molar-refractivity contribution in [1.29, 1.82) is 0 Å². The standard InChI is InChI=1S/C29H29BrN2O4/c30-21-15-25-26(20-9-3-6-12-24(20)36-25)27(28(21)35)29-31(16-18-7-1-4-10-22(18)33)13-14-32(29)17-19-8-2-5-11-23(19)34/h1-2,4-5,7-8,10-11,15,29,33-35H,3,6,9,12-14,16-17H2. The molecule has 36 heavy (non-hydrogen) atoms. The van der Waals surface area contributed by atoms with Gasteiger partial charge in [0.2, 0.25) is 0 Å². The molecular formula is C29H29BrN2O4. The van der Waals surface area contributed by atoms with E-state index in [-0.39, 0.29) is 23.4 Å². The lowest BCUT2D eigenvalue weighted by Gasteiger charge is -2.32. The Balaban J connectivity index is 1.51. The highest BCUT2D eigenvalue weighted by Crippen LogP contribution is 2.48. The number of phenolic OH excluding ortho intramolecular Hbond substituents is 3. The molecule has 3 N–H and O–H groups in total. The Bertz CT molecular complexity index is 1380. The Morgan fingerprint density at radius 1 is 0.833 bits per heavy atom. The van der Waals surface area contributed by atoms with Crippen molar-refractivity contribution in [2.45, 2.75) is 44.9 Å². The van der Waals surface area contributed by atoms with Gasteiger partial charge in [-0.3, -0.25) is 9.80 Å². The molecular weight excluding hydrogens is 520 g/mol. The maximum Gasteiger partial charge on any atom is 0.136 e. The van der Waals surface area contributed by atoms with Crippen molar-refractivity contribution in [2.24, 2.45) is 0 Å². The highest BCUT2D eigenvalue weighted by atomic mass is 79.9. The molecule has 2 aliphatic rings. The molecule has 186 valence electrons. The summed E-state index contributed by atoms with van der Waals surface area (Å²) in [7, 11) is 0. The number of hydrogen-bond donors (Lipinski definition) is 3. The number of para-hydroxylation sites is 2. The second-order valence-electron chi connectivity index (χ2n) is 9.78. The summed E-state index contributed by atoms with van der Waals surface area (Å²) in [6.45, 7) is 2.56. The molecule has 6 rings (SSSR count). The van der Waals surface area contributed by atoms with Crippen LogP contribution >= 0.6 is 15.9 Å². The predicted molar refractivity (Wildman–Crippen MR) is 142 cm³/mol. The van der Waals surface area contributed by atoms with Crippen molar-refractivity contribution in [3.63, 3.8) is 0 Å². The van der Waals surface area contributed by atoms with Crippen LogP contribution in [0.15, 0.2) is 63.5 Å². The molecule has 0 saturated carbocycles. The van der Waals surface area contributed by atoms with Crippen LogP contribution in [0.5, 0.6) is 17.2 Å². The summed E-state index contributed by atoms with van der Waals surface area (Å²) in [6.07, 6.45) is 3.79. The van der Waals surface area contributed by atoms with Crippen molar-refractivity contribution in [2.75, 3.05) is 13.1 Å². The average molecular weight is 549 g/mol. The third-order valence-electron chi connectivity index (χ3n) is 7.56. The van der Waals surface area contributed by atoms with E-state index in [0.29, 0.717) is 17.6 Å². The van der Waals surface area contributed by atoms with Gasteiger partial charge in [-0.25, -0.2) is 0 Å². The number of aromatic hydroxyl groups is 3. The van der Waals surface area contributed by atoms with E-state index in [1.54, 1.807) is 12.1 Å². The fourth-order valence-corrected chi connectivity index (χ4v) is 6.24. The topological polar surface area (TPSA) is 80.3 Å². The lowest BCUT2D eigenvalue weighted by atomic mass is 9.92. The molecule has 1 saturated heterocycles. The van der Waals surface area contributed by atoms with Crippen molar-refractivity contribution >= 4 is 26.9 Å². The van der Waals surface area contributed by atoms with Gasteiger partial charge in [-0.2, -0.15) is 0 Å². The number of halogens is 1. The van der Waals surface area contributed by atoms with E-state index >= 15 is 0 Å². The molecule has 3 aromatic carbocycles. The summed E-state index contributed by atoms with van der Waals surface area (Å²) >= 11 is 3.58. The van der Waals surface area contributed by atoms with Crippen molar-refractivity contribution in [1.82, 2.24) is 9.80 Å². The van der Waals surface area contributed by atoms with Crippen molar-refractivity contribution < 1.29 is 19.7 Å². The monoisotopic (exact) mass is 548 g/mol. The van der Waals surface area contributed by atoms with Gasteiger partial charge in [0.15, 0.2) is 0 Å². The molecule has 0 radical (unpaired) electrons. The van der Waals surface area contributed by atoms with E-state index in [9.17, 15) is 15.3 Å². The highest BCUT2D eigenvalue weighted by Gasteiger charge is 2.39. The molecule has 1 aromatic heterocycles. The number of fused-ring (bicyclic) bond motifs is 3. The van der Waals surface area contributed by atoms with Gasteiger partial charge in [0, 0.05) is 60.2 Å². The van der Waals surface area contributed by atoms with Crippen LogP contribution in [0.3, 0.4) is 0 Å². The van der Waals surface area contributed by atoms with Crippen molar-refractivity contribution in [3.05, 3.63) is 87.1 Å². The molecule has 6 nitrogen and oxygen atoms in total. The van der Waals surface area contributed by atoms with Gasteiger partial charge in [-0.1, -0.05) is 36.4 Å². The number of hydrogen-bond acceptors (Lipinski definition) is 6. The predicted octanol–water partition coefficient (Wildman–Crippen LogP) is 6.21. The molecule has 0 unspecified atom stereocenters. The van der Waals surface area contributed by atoms with Gasteiger partial charge in [0.25, 0.3) is 0 Å². The molecule has 0 spiro atoms. The largest absolute Gasteiger partial charge is 0.508 e. The van der Waals surface area contributed by atoms with Crippen LogP contribution in [0.2, 0.25) is 0 Å². The summed E-state index contributed by atoms with van der Waals surface area (Å²) in [4.78, 5) is 4.58. The summed E-state index contributed by atoms with van der Waals surface area (Å²) < 4.78 is 6.92. The summed E-state index contributed by atoms with van der Waals surface area (Å²) in [5, 5.41) is 33.5. The number of benzene rings is 3. The normalized spacial score (nSPS) is 17.1. The van der Waals surface area contributed by atoms with Crippen LogP contribution < -0.4 is 0 Å². The summed E-state index contributed by atoms with van der Waals surface area (Å²) in [6, 6.07) is 16.7. The quantitative estimate of drug-likeness (QED) is 0.275. The Morgan fingerprint density at radius 2 is 1.42 bits per heavy atom. The third-order valence-corrected chi connectivity index (χ3v) is 8.17. The Kier molecular flexibility index (Phi) is 6.15. The molecule has 2 heterocycles. The molecule has 1 fully saturated rings. The first-order chi connectivity index (χ1) is 17.5. The third kappa shape index (κ3) is 4.05. The van der Waals surface area contributed by atoms with Crippen LogP contribution in [0.25, 0.3) is 11.0 Å². The van der Waals surface area contributed by atoms with Gasteiger partial charge in [-0.05, 0) is 53.4 Å². The summed E-state index contributed by atoms with van der Waals surface area (Å²) in [5.41, 5.74) is 4.50. The smallest absolute Gasteiger partial charge is 0.136 e. The molecule has 0 atom stereocenters. The molecule has 4 aromatic rings. The minimum absolute atomic E-state index is 0.216. The van der Waals surface area contributed by atoms with E-state index < -0.39 is 0 Å². The van der Waals surface area contributed by atoms with E-state index in [2.05, 4.69) is 25.7 Å². The van der Waals surface area contributed by atoms with Crippen LogP contribution in [0.4, 0.5) is 0 Å². The van der Waals surface area contributed by atoms with Crippen LogP contribution in [-0.2, 0) is 25.9 Å². The van der Waals surface area contributed by atoms with Gasteiger partial charge in [-0.15, -0.1) is 0 Å². The lowest BCUT2D eigenvalue weighted by Crippen LogP contribution is -2.31. The minimum Gasteiger partial charge on any atom is -0.508 e. The molecule has 7 heteroatoms. The highest BCUT2D eigenvalue weighted by molar-refractivity contribution is 9.10. The first-order valence-corrected chi connectivity index (χ1v) is 13.3. The van der Waals surface area contributed by atoms with E-state index in [4.69, 9.17) is 4.42 Å². The molecule has 0 amide bonds. The molecule has 0 bridgehead atoms. The van der Waals surface area contributed by atoms with Crippen LogP contribution in [0, 0.1) is 0 Å². The fraction of sp³-hybridized carbons (Fsp3) is 0.310. The summed E-state index contributed by atoms with van der Waals surface area (Å²) in [5.74, 6) is 1.76. The maximum atomic E-state index is 11.5. The zero-order valence-corrected chi connectivity index (χ0v) is 21.5. The van der Waals surface area contributed by atoms with Gasteiger partial charge in [0.1, 0.15) is 28.6 Å². The number of rotatable bonds is 5. The first-order valence-electron chi connectivity index (χ1n) is 12.5. The van der Waals surface area contributed by atoms with E-state index in [0.717, 1.165) is 72.2 Å².